The van der Waals surface area contributed by atoms with E-state index in [4.69, 9.17) is 4.74 Å². The van der Waals surface area contributed by atoms with Crippen LogP contribution in [0.5, 0.6) is 0 Å². The van der Waals surface area contributed by atoms with Crippen LogP contribution in [0.25, 0.3) is 0 Å². The van der Waals surface area contributed by atoms with E-state index >= 15 is 0 Å². The van der Waals surface area contributed by atoms with Crippen LogP contribution >= 0.6 is 0 Å². The summed E-state index contributed by atoms with van der Waals surface area (Å²) in [5.41, 5.74) is 1.59. The Hall–Kier alpha value is -3.48. The van der Waals surface area contributed by atoms with Crippen molar-refractivity contribution in [2.45, 2.75) is 6.92 Å². The van der Waals surface area contributed by atoms with Gasteiger partial charge in [-0.25, -0.2) is 4.79 Å². The number of carbonyl (C=O) groups excluding carboxylic acids is 4. The van der Waals surface area contributed by atoms with Gasteiger partial charge in [-0.2, -0.15) is 0 Å². The van der Waals surface area contributed by atoms with E-state index in [-0.39, 0.29) is 30.9 Å². The second-order valence-electron chi connectivity index (χ2n) is 5.70. The summed E-state index contributed by atoms with van der Waals surface area (Å²) in [5.74, 6) is -1.56. The molecule has 132 valence electrons. The molecule has 0 unspecified atom stereocenters. The summed E-state index contributed by atoms with van der Waals surface area (Å²) in [6.07, 6.45) is 0. The van der Waals surface area contributed by atoms with Gasteiger partial charge in [0.1, 0.15) is 6.61 Å². The van der Waals surface area contributed by atoms with Crippen LogP contribution in [0.3, 0.4) is 0 Å². The molecule has 0 saturated heterocycles. The van der Waals surface area contributed by atoms with Crippen molar-refractivity contribution < 1.29 is 23.9 Å². The molecule has 1 aliphatic heterocycles. The standard InChI is InChI=1S/C19H16N2O5/c1-12(22)20-14-8-6-13(7-9-14)19(25)26-11-10-21-17(23)15-4-2-3-5-16(15)18(21)24/h2-9H,10-11H2,1H3,(H,20,22). The quantitative estimate of drug-likeness (QED) is 0.657. The number of anilines is 1. The molecule has 26 heavy (non-hydrogen) atoms. The van der Waals surface area contributed by atoms with Crippen LogP contribution in [-0.2, 0) is 9.53 Å². The predicted octanol–water partition coefficient (Wildman–Crippen LogP) is 2.10. The summed E-state index contributed by atoms with van der Waals surface area (Å²) in [6.45, 7) is 1.28. The zero-order valence-corrected chi connectivity index (χ0v) is 14.0. The van der Waals surface area contributed by atoms with Gasteiger partial charge in [0.15, 0.2) is 0 Å². The van der Waals surface area contributed by atoms with E-state index in [1.165, 1.54) is 19.1 Å². The number of hydrogen-bond donors (Lipinski definition) is 1. The lowest BCUT2D eigenvalue weighted by Gasteiger charge is -2.13. The molecule has 0 atom stereocenters. The first-order valence-corrected chi connectivity index (χ1v) is 7.97. The van der Waals surface area contributed by atoms with Crippen LogP contribution < -0.4 is 5.32 Å². The molecular weight excluding hydrogens is 336 g/mol. The summed E-state index contributed by atoms with van der Waals surface area (Å²) in [4.78, 5) is 48.5. The SMILES string of the molecule is CC(=O)Nc1ccc(C(=O)OCCN2C(=O)c3ccccc3C2=O)cc1. The number of benzene rings is 2. The van der Waals surface area contributed by atoms with Crippen LogP contribution in [0.4, 0.5) is 5.69 Å². The van der Waals surface area contributed by atoms with Gasteiger partial charge < -0.3 is 10.1 Å². The van der Waals surface area contributed by atoms with Gasteiger partial charge in [0.25, 0.3) is 11.8 Å². The van der Waals surface area contributed by atoms with Crippen molar-refractivity contribution in [1.82, 2.24) is 4.90 Å². The first-order valence-electron chi connectivity index (χ1n) is 7.97. The van der Waals surface area contributed by atoms with Crippen LogP contribution in [-0.4, -0.2) is 41.7 Å². The Morgan fingerprint density at radius 3 is 2.08 bits per heavy atom. The zero-order valence-electron chi connectivity index (χ0n) is 14.0. The van der Waals surface area contributed by atoms with Gasteiger partial charge in [0.05, 0.1) is 23.2 Å². The van der Waals surface area contributed by atoms with Crippen LogP contribution in [0.15, 0.2) is 48.5 Å². The Kier molecular flexibility index (Phi) is 4.79. The number of hydrogen-bond acceptors (Lipinski definition) is 5. The molecule has 2 aromatic carbocycles. The first kappa shape index (κ1) is 17.3. The van der Waals surface area contributed by atoms with Crippen molar-refractivity contribution in [2.75, 3.05) is 18.5 Å². The number of rotatable bonds is 5. The third kappa shape index (κ3) is 3.46. The molecule has 0 aromatic heterocycles. The molecule has 0 saturated carbocycles. The van der Waals surface area contributed by atoms with E-state index in [1.54, 1.807) is 36.4 Å². The number of fused-ring (bicyclic) bond motifs is 1. The molecule has 0 bridgehead atoms. The fraction of sp³-hybridized carbons (Fsp3) is 0.158. The maximum atomic E-state index is 12.2. The number of esters is 1. The molecule has 2 aromatic rings. The average molecular weight is 352 g/mol. The molecule has 0 aliphatic carbocycles. The van der Waals surface area contributed by atoms with Crippen LogP contribution in [0, 0.1) is 0 Å². The maximum Gasteiger partial charge on any atom is 0.338 e. The highest BCUT2D eigenvalue weighted by Crippen LogP contribution is 2.22. The minimum atomic E-state index is -0.573. The molecule has 1 heterocycles. The largest absolute Gasteiger partial charge is 0.460 e. The lowest BCUT2D eigenvalue weighted by molar-refractivity contribution is -0.114. The second kappa shape index (κ2) is 7.18. The molecule has 0 radical (unpaired) electrons. The molecule has 0 spiro atoms. The van der Waals surface area contributed by atoms with Gasteiger partial charge in [-0.15, -0.1) is 0 Å². The van der Waals surface area contributed by atoms with Gasteiger partial charge in [0, 0.05) is 12.6 Å². The molecule has 1 N–H and O–H groups in total. The van der Waals surface area contributed by atoms with Crippen molar-refractivity contribution in [3.05, 3.63) is 65.2 Å². The number of nitrogens with zero attached hydrogens (tertiary/aromatic N) is 1. The van der Waals surface area contributed by atoms with E-state index in [2.05, 4.69) is 5.32 Å². The monoisotopic (exact) mass is 352 g/mol. The Balaban J connectivity index is 1.55. The normalized spacial score (nSPS) is 12.7. The van der Waals surface area contributed by atoms with E-state index < -0.39 is 5.97 Å². The van der Waals surface area contributed by atoms with Gasteiger partial charge in [-0.1, -0.05) is 12.1 Å². The fourth-order valence-electron chi connectivity index (χ4n) is 2.65. The van der Waals surface area contributed by atoms with E-state index in [0.29, 0.717) is 22.4 Å². The summed E-state index contributed by atoms with van der Waals surface area (Å²) in [7, 11) is 0. The Morgan fingerprint density at radius 2 is 1.54 bits per heavy atom. The van der Waals surface area contributed by atoms with Crippen LogP contribution in [0.2, 0.25) is 0 Å². The third-order valence-electron chi connectivity index (χ3n) is 3.87. The number of ether oxygens (including phenoxy) is 1. The fourth-order valence-corrected chi connectivity index (χ4v) is 2.65. The van der Waals surface area contributed by atoms with Crippen LogP contribution in [0.1, 0.15) is 38.0 Å². The summed E-state index contributed by atoms with van der Waals surface area (Å²) in [5, 5.41) is 2.60. The zero-order chi connectivity index (χ0) is 18.7. The Morgan fingerprint density at radius 1 is 0.962 bits per heavy atom. The van der Waals surface area contributed by atoms with Gasteiger partial charge in [0.2, 0.25) is 5.91 Å². The van der Waals surface area contributed by atoms with E-state index in [0.717, 1.165) is 4.90 Å². The molecular formula is C19H16N2O5. The summed E-state index contributed by atoms with van der Waals surface area (Å²) < 4.78 is 5.13. The molecule has 1 aliphatic rings. The minimum Gasteiger partial charge on any atom is -0.460 e. The number of nitrogens with one attached hydrogen (secondary N) is 1. The summed E-state index contributed by atoms with van der Waals surface area (Å²) in [6, 6.07) is 12.8. The highest BCUT2D eigenvalue weighted by atomic mass is 16.5. The van der Waals surface area contributed by atoms with E-state index in [9.17, 15) is 19.2 Å². The highest BCUT2D eigenvalue weighted by molar-refractivity contribution is 6.21. The maximum absolute atomic E-state index is 12.2. The first-order chi connectivity index (χ1) is 12.5. The highest BCUT2D eigenvalue weighted by Gasteiger charge is 2.34. The number of imide groups is 1. The number of amides is 3. The Labute approximate surface area is 149 Å². The van der Waals surface area contributed by atoms with Gasteiger partial charge in [-0.05, 0) is 36.4 Å². The lowest BCUT2D eigenvalue weighted by atomic mass is 10.1. The van der Waals surface area contributed by atoms with Crippen molar-refractivity contribution in [3.63, 3.8) is 0 Å². The topological polar surface area (TPSA) is 92.8 Å². The minimum absolute atomic E-state index is 0.0118. The predicted molar refractivity (Wildman–Crippen MR) is 92.8 cm³/mol. The van der Waals surface area contributed by atoms with E-state index in [1.807, 2.05) is 0 Å². The molecule has 0 fully saturated rings. The van der Waals surface area contributed by atoms with Gasteiger partial charge >= 0.3 is 5.97 Å². The molecule has 7 nitrogen and oxygen atoms in total. The molecule has 3 amide bonds. The lowest BCUT2D eigenvalue weighted by Crippen LogP contribution is -2.33. The van der Waals surface area contributed by atoms with Crippen molar-refractivity contribution in [2.24, 2.45) is 0 Å². The second-order valence-corrected chi connectivity index (χ2v) is 5.70. The summed E-state index contributed by atoms with van der Waals surface area (Å²) >= 11 is 0. The molecule has 7 heteroatoms. The number of carbonyl (C=O) groups is 4. The van der Waals surface area contributed by atoms with Crippen molar-refractivity contribution >= 4 is 29.4 Å². The third-order valence-corrected chi connectivity index (χ3v) is 3.87. The smallest absolute Gasteiger partial charge is 0.338 e. The van der Waals surface area contributed by atoms with Crippen molar-refractivity contribution in [1.29, 1.82) is 0 Å². The van der Waals surface area contributed by atoms with Crippen molar-refractivity contribution in [3.8, 4) is 0 Å². The Bertz CT molecular complexity index is 854. The van der Waals surface area contributed by atoms with Gasteiger partial charge in [-0.3, -0.25) is 19.3 Å². The molecule has 3 rings (SSSR count). The average Bonchev–Trinajstić information content (AvgIpc) is 2.87.